The monoisotopic (exact) mass is 457 g/mol. The normalized spacial score (nSPS) is 10.7. The van der Waals surface area contributed by atoms with Crippen molar-refractivity contribution in [2.45, 2.75) is 38.9 Å². The van der Waals surface area contributed by atoms with E-state index in [0.29, 0.717) is 28.2 Å². The quantitative estimate of drug-likeness (QED) is 0.487. The number of benzene rings is 2. The maximum atomic E-state index is 12.4. The number of hydrogen-bond donors (Lipinski definition) is 2. The molecule has 0 spiro atoms. The van der Waals surface area contributed by atoms with Gasteiger partial charge in [0, 0.05) is 22.9 Å². The van der Waals surface area contributed by atoms with Crippen molar-refractivity contribution in [2.75, 3.05) is 16.4 Å². The van der Waals surface area contributed by atoms with Gasteiger partial charge < -0.3 is 15.2 Å². The number of nitrogens with zero attached hydrogens (tertiary/aromatic N) is 3. The molecule has 0 fully saturated rings. The molecule has 0 saturated heterocycles. The highest BCUT2D eigenvalue weighted by Crippen LogP contribution is 2.22. The summed E-state index contributed by atoms with van der Waals surface area (Å²) in [6, 6.07) is 13.0. The topological polar surface area (TPSA) is 88.9 Å². The largest absolute Gasteiger partial charge is 0.326 e. The first-order chi connectivity index (χ1) is 14.9. The lowest BCUT2D eigenvalue weighted by atomic mass is 10.2. The summed E-state index contributed by atoms with van der Waals surface area (Å²) in [5.41, 5.74) is 3.48. The highest BCUT2D eigenvalue weighted by molar-refractivity contribution is 7.99. The number of carbonyl (C=O) groups is 2. The molecule has 0 radical (unpaired) electrons. The van der Waals surface area contributed by atoms with Crippen LogP contribution in [0.3, 0.4) is 0 Å². The number of hydrogen-bond acceptors (Lipinski definition) is 5. The average molecular weight is 458 g/mol. The summed E-state index contributed by atoms with van der Waals surface area (Å²) >= 11 is 7.28. The fraction of sp³-hybridized carbons (Fsp3) is 0.273. The van der Waals surface area contributed by atoms with Crippen LogP contribution in [0.25, 0.3) is 0 Å². The zero-order valence-corrected chi connectivity index (χ0v) is 19.2. The summed E-state index contributed by atoms with van der Waals surface area (Å²) in [6.45, 7) is 6.44. The second kappa shape index (κ2) is 10.5. The van der Waals surface area contributed by atoms with Crippen molar-refractivity contribution >= 4 is 46.6 Å². The lowest BCUT2D eigenvalue weighted by molar-refractivity contribution is -0.116. The number of aryl methyl sites for hydroxylation is 2. The van der Waals surface area contributed by atoms with Crippen LogP contribution in [0.15, 0.2) is 47.6 Å². The zero-order valence-electron chi connectivity index (χ0n) is 17.6. The highest BCUT2D eigenvalue weighted by Gasteiger charge is 2.16. The number of amides is 2. The Kier molecular flexibility index (Phi) is 7.70. The number of halogens is 1. The molecule has 2 amide bonds. The fourth-order valence-electron chi connectivity index (χ4n) is 2.91. The standard InChI is InChI=1S/C22H24ClN5O2S/c1-4-28-19(12-20(29)24-17-9-5-14(2)6-10-17)26-27-22(28)31-13-21(30)25-18-11-16(23)8-7-15(18)3/h5-11H,4,12-13H2,1-3H3,(H,24,29)(H,25,30). The first-order valence-electron chi connectivity index (χ1n) is 9.83. The predicted octanol–water partition coefficient (Wildman–Crippen LogP) is 4.48. The Balaban J connectivity index is 1.59. The fourth-order valence-corrected chi connectivity index (χ4v) is 3.90. The van der Waals surface area contributed by atoms with E-state index in [-0.39, 0.29) is 24.0 Å². The Morgan fingerprint density at radius 3 is 2.48 bits per heavy atom. The van der Waals surface area contributed by atoms with Crippen molar-refractivity contribution in [1.82, 2.24) is 14.8 Å². The summed E-state index contributed by atoms with van der Waals surface area (Å²) in [5.74, 6) is 0.386. The van der Waals surface area contributed by atoms with E-state index in [0.717, 1.165) is 16.8 Å². The second-order valence-corrected chi connectivity index (χ2v) is 8.41. The summed E-state index contributed by atoms with van der Waals surface area (Å²) in [6.07, 6.45) is 0.100. The Bertz CT molecular complexity index is 1080. The van der Waals surface area contributed by atoms with Gasteiger partial charge in [-0.2, -0.15) is 0 Å². The third kappa shape index (κ3) is 6.32. The predicted molar refractivity (Wildman–Crippen MR) is 125 cm³/mol. The minimum atomic E-state index is -0.170. The molecule has 3 rings (SSSR count). The van der Waals surface area contributed by atoms with Gasteiger partial charge in [0.15, 0.2) is 5.16 Å². The van der Waals surface area contributed by atoms with Crippen LogP contribution >= 0.6 is 23.4 Å². The summed E-state index contributed by atoms with van der Waals surface area (Å²) in [7, 11) is 0. The minimum absolute atomic E-state index is 0.100. The minimum Gasteiger partial charge on any atom is -0.326 e. The number of nitrogens with one attached hydrogen (secondary N) is 2. The highest BCUT2D eigenvalue weighted by atomic mass is 35.5. The maximum absolute atomic E-state index is 12.4. The molecule has 7 nitrogen and oxygen atoms in total. The van der Waals surface area contributed by atoms with Gasteiger partial charge in [-0.1, -0.05) is 47.1 Å². The van der Waals surface area contributed by atoms with Crippen molar-refractivity contribution in [1.29, 1.82) is 0 Å². The van der Waals surface area contributed by atoms with Gasteiger partial charge in [0.25, 0.3) is 0 Å². The maximum Gasteiger partial charge on any atom is 0.234 e. The van der Waals surface area contributed by atoms with Crippen molar-refractivity contribution < 1.29 is 9.59 Å². The number of carbonyl (C=O) groups excluding carboxylic acids is 2. The molecule has 3 aromatic rings. The molecule has 31 heavy (non-hydrogen) atoms. The van der Waals surface area contributed by atoms with E-state index < -0.39 is 0 Å². The molecular weight excluding hydrogens is 434 g/mol. The molecule has 1 heterocycles. The van der Waals surface area contributed by atoms with Crippen molar-refractivity contribution in [3.63, 3.8) is 0 Å². The number of anilines is 2. The van der Waals surface area contributed by atoms with Gasteiger partial charge >= 0.3 is 0 Å². The molecular formula is C22H24ClN5O2S. The number of rotatable bonds is 8. The number of thioether (sulfide) groups is 1. The molecule has 0 atom stereocenters. The van der Waals surface area contributed by atoms with Gasteiger partial charge in [-0.15, -0.1) is 10.2 Å². The SMILES string of the molecule is CCn1c(CC(=O)Nc2ccc(C)cc2)nnc1SCC(=O)Nc1cc(Cl)ccc1C. The molecule has 0 aliphatic carbocycles. The van der Waals surface area contributed by atoms with E-state index in [4.69, 9.17) is 11.6 Å². The Morgan fingerprint density at radius 1 is 1.03 bits per heavy atom. The molecule has 9 heteroatoms. The first kappa shape index (κ1) is 22.8. The van der Waals surface area contributed by atoms with Crippen molar-refractivity contribution in [3.8, 4) is 0 Å². The van der Waals surface area contributed by atoms with E-state index in [1.54, 1.807) is 12.1 Å². The lowest BCUT2D eigenvalue weighted by Gasteiger charge is -2.10. The van der Waals surface area contributed by atoms with Gasteiger partial charge in [-0.05, 0) is 50.6 Å². The van der Waals surface area contributed by atoms with Gasteiger partial charge in [0.05, 0.1) is 12.2 Å². The van der Waals surface area contributed by atoms with Gasteiger partial charge in [-0.25, -0.2) is 0 Å². The Hall–Kier alpha value is -2.84. The van der Waals surface area contributed by atoms with Gasteiger partial charge in [0.1, 0.15) is 5.82 Å². The van der Waals surface area contributed by atoms with Crippen LogP contribution < -0.4 is 10.6 Å². The third-order valence-corrected chi connectivity index (χ3v) is 5.77. The molecule has 1 aromatic heterocycles. The van der Waals surface area contributed by atoms with E-state index in [9.17, 15) is 9.59 Å². The summed E-state index contributed by atoms with van der Waals surface area (Å²) in [5, 5.41) is 15.2. The van der Waals surface area contributed by atoms with E-state index >= 15 is 0 Å². The summed E-state index contributed by atoms with van der Waals surface area (Å²) in [4.78, 5) is 24.8. The smallest absolute Gasteiger partial charge is 0.234 e. The molecule has 0 saturated carbocycles. The average Bonchev–Trinajstić information content (AvgIpc) is 3.12. The van der Waals surface area contributed by atoms with Crippen LogP contribution in [0.2, 0.25) is 5.02 Å². The van der Waals surface area contributed by atoms with Gasteiger partial charge in [0.2, 0.25) is 11.8 Å². The molecule has 0 unspecified atom stereocenters. The Morgan fingerprint density at radius 2 is 1.77 bits per heavy atom. The van der Waals surface area contributed by atoms with Gasteiger partial charge in [-0.3, -0.25) is 9.59 Å². The molecule has 0 bridgehead atoms. The van der Waals surface area contributed by atoms with Crippen molar-refractivity contribution in [2.24, 2.45) is 0 Å². The molecule has 0 aliphatic heterocycles. The third-order valence-electron chi connectivity index (χ3n) is 4.57. The molecule has 0 aliphatic rings. The first-order valence-corrected chi connectivity index (χ1v) is 11.2. The van der Waals surface area contributed by atoms with Crippen molar-refractivity contribution in [3.05, 3.63) is 64.4 Å². The van der Waals surface area contributed by atoms with Crippen LogP contribution in [0, 0.1) is 13.8 Å². The van der Waals surface area contributed by atoms with E-state index in [2.05, 4.69) is 20.8 Å². The van der Waals surface area contributed by atoms with Crippen LogP contribution in [-0.2, 0) is 22.6 Å². The van der Waals surface area contributed by atoms with Crippen LogP contribution in [-0.4, -0.2) is 32.3 Å². The molecule has 2 N–H and O–H groups in total. The van der Waals surface area contributed by atoms with Crippen LogP contribution in [0.4, 0.5) is 11.4 Å². The summed E-state index contributed by atoms with van der Waals surface area (Å²) < 4.78 is 1.84. The molecule has 2 aromatic carbocycles. The lowest BCUT2D eigenvalue weighted by Crippen LogP contribution is -2.18. The second-order valence-electron chi connectivity index (χ2n) is 7.03. The zero-order chi connectivity index (χ0) is 22.4. The van der Waals surface area contributed by atoms with Crippen LogP contribution in [0.5, 0.6) is 0 Å². The van der Waals surface area contributed by atoms with Crippen LogP contribution in [0.1, 0.15) is 23.9 Å². The number of aromatic nitrogens is 3. The van der Waals surface area contributed by atoms with E-state index in [1.165, 1.54) is 11.8 Å². The Labute approximate surface area is 190 Å². The molecule has 162 valence electrons. The van der Waals surface area contributed by atoms with E-state index in [1.807, 2.05) is 55.7 Å².